The molecule has 5 heteroatoms. The van der Waals surface area contributed by atoms with Crippen molar-refractivity contribution in [3.8, 4) is 0 Å². The Balaban J connectivity index is 2.03. The Bertz CT molecular complexity index is 244. The molecule has 1 heterocycles. The van der Waals surface area contributed by atoms with Crippen molar-refractivity contribution in [2.45, 2.75) is 31.7 Å². The van der Waals surface area contributed by atoms with Crippen LogP contribution in [0.4, 0.5) is 0 Å². The minimum absolute atomic E-state index is 0.140. The highest BCUT2D eigenvalue weighted by Gasteiger charge is 2.16. The first-order valence-corrected chi connectivity index (χ1v) is 5.80. The Morgan fingerprint density at radius 3 is 2.88 bits per heavy atom. The number of amides is 2. The summed E-state index contributed by atoms with van der Waals surface area (Å²) in [5.41, 5.74) is 0. The van der Waals surface area contributed by atoms with Gasteiger partial charge in [-0.15, -0.1) is 0 Å². The summed E-state index contributed by atoms with van der Waals surface area (Å²) in [4.78, 5) is 23.8. The van der Waals surface area contributed by atoms with Crippen LogP contribution in [0.1, 0.15) is 25.7 Å². The molecule has 0 aromatic carbocycles. The van der Waals surface area contributed by atoms with Gasteiger partial charge in [-0.1, -0.05) is 0 Å². The van der Waals surface area contributed by atoms with E-state index in [2.05, 4.69) is 10.6 Å². The van der Waals surface area contributed by atoms with Crippen molar-refractivity contribution in [1.29, 1.82) is 0 Å². The van der Waals surface area contributed by atoms with Crippen molar-refractivity contribution in [1.82, 2.24) is 15.5 Å². The largest absolute Gasteiger partial charge is 0.355 e. The van der Waals surface area contributed by atoms with Gasteiger partial charge in [0.1, 0.15) is 0 Å². The van der Waals surface area contributed by atoms with E-state index in [1.165, 1.54) is 0 Å². The van der Waals surface area contributed by atoms with Crippen LogP contribution in [0.3, 0.4) is 0 Å². The number of hydrogen-bond acceptors (Lipinski definition) is 3. The van der Waals surface area contributed by atoms with Crippen molar-refractivity contribution >= 4 is 11.8 Å². The van der Waals surface area contributed by atoms with Crippen molar-refractivity contribution in [3.05, 3.63) is 0 Å². The summed E-state index contributed by atoms with van der Waals surface area (Å²) in [7, 11) is 3.54. The molecule has 2 N–H and O–H groups in total. The van der Waals surface area contributed by atoms with Crippen molar-refractivity contribution in [2.75, 3.05) is 27.2 Å². The van der Waals surface area contributed by atoms with Gasteiger partial charge in [0.2, 0.25) is 11.8 Å². The van der Waals surface area contributed by atoms with Crippen LogP contribution in [-0.2, 0) is 9.59 Å². The highest BCUT2D eigenvalue weighted by Crippen LogP contribution is 2.02. The van der Waals surface area contributed by atoms with E-state index >= 15 is 0 Å². The number of rotatable bonds is 5. The molecule has 0 aromatic rings. The third kappa shape index (κ3) is 4.61. The van der Waals surface area contributed by atoms with Gasteiger partial charge in [0, 0.05) is 39.5 Å². The number of nitrogens with zero attached hydrogens (tertiary/aromatic N) is 1. The Labute approximate surface area is 96.6 Å². The first-order valence-electron chi connectivity index (χ1n) is 5.80. The summed E-state index contributed by atoms with van der Waals surface area (Å²) in [6, 6.07) is 0.368. The molecule has 0 aliphatic carbocycles. The molecule has 1 rings (SSSR count). The maximum Gasteiger partial charge on any atom is 0.222 e. The van der Waals surface area contributed by atoms with Gasteiger partial charge in [-0.2, -0.15) is 0 Å². The number of hydrogen-bond donors (Lipinski definition) is 2. The molecule has 0 radical (unpaired) electrons. The molecule has 5 nitrogen and oxygen atoms in total. The second kappa shape index (κ2) is 6.48. The standard InChI is InChI=1S/C11H21N3O2/c1-14(2)11(16)4-3-7-12-9-5-6-10(15)13-8-9/h9,12H,3-8H2,1-2H3,(H,13,15). The maximum atomic E-state index is 11.3. The van der Waals surface area contributed by atoms with Crippen LogP contribution in [0.5, 0.6) is 0 Å². The van der Waals surface area contributed by atoms with Gasteiger partial charge < -0.3 is 15.5 Å². The van der Waals surface area contributed by atoms with E-state index in [1.54, 1.807) is 19.0 Å². The molecular weight excluding hydrogens is 206 g/mol. The summed E-state index contributed by atoms with van der Waals surface area (Å²) < 4.78 is 0. The lowest BCUT2D eigenvalue weighted by Gasteiger charge is -2.23. The van der Waals surface area contributed by atoms with Gasteiger partial charge in [-0.05, 0) is 19.4 Å². The second-order valence-electron chi connectivity index (χ2n) is 4.39. The molecule has 0 aromatic heterocycles. The predicted octanol–water partition coefficient (Wildman–Crippen LogP) is -0.277. The third-order valence-electron chi connectivity index (χ3n) is 2.76. The monoisotopic (exact) mass is 227 g/mol. The minimum Gasteiger partial charge on any atom is -0.355 e. The van der Waals surface area contributed by atoms with Crippen LogP contribution in [0.15, 0.2) is 0 Å². The molecule has 92 valence electrons. The van der Waals surface area contributed by atoms with Crippen molar-refractivity contribution in [3.63, 3.8) is 0 Å². The highest BCUT2D eigenvalue weighted by atomic mass is 16.2. The number of nitrogens with one attached hydrogen (secondary N) is 2. The fourth-order valence-corrected chi connectivity index (χ4v) is 1.68. The normalized spacial score (nSPS) is 20.4. The van der Waals surface area contributed by atoms with Crippen LogP contribution in [0, 0.1) is 0 Å². The van der Waals surface area contributed by atoms with Crippen LogP contribution in [-0.4, -0.2) is 49.9 Å². The van der Waals surface area contributed by atoms with Gasteiger partial charge in [0.05, 0.1) is 0 Å². The zero-order chi connectivity index (χ0) is 12.0. The van der Waals surface area contributed by atoms with Gasteiger partial charge in [0.15, 0.2) is 0 Å². The Morgan fingerprint density at radius 1 is 1.56 bits per heavy atom. The lowest BCUT2D eigenvalue weighted by molar-refractivity contribution is -0.128. The summed E-state index contributed by atoms with van der Waals surface area (Å²) in [5.74, 6) is 0.305. The fraction of sp³-hybridized carbons (Fsp3) is 0.818. The summed E-state index contributed by atoms with van der Waals surface area (Å²) in [5, 5.41) is 6.17. The summed E-state index contributed by atoms with van der Waals surface area (Å²) in [6.45, 7) is 1.54. The highest BCUT2D eigenvalue weighted by molar-refractivity contribution is 5.76. The molecular formula is C11H21N3O2. The molecule has 1 atom stereocenters. The lowest BCUT2D eigenvalue weighted by Crippen LogP contribution is -2.46. The Hall–Kier alpha value is -1.10. The average molecular weight is 227 g/mol. The quantitative estimate of drug-likeness (QED) is 0.635. The topological polar surface area (TPSA) is 61.4 Å². The van der Waals surface area contributed by atoms with E-state index in [0.717, 1.165) is 19.4 Å². The first kappa shape index (κ1) is 13.0. The van der Waals surface area contributed by atoms with Crippen molar-refractivity contribution < 1.29 is 9.59 Å². The van der Waals surface area contributed by atoms with E-state index in [0.29, 0.717) is 25.4 Å². The average Bonchev–Trinajstić information content (AvgIpc) is 2.26. The fourth-order valence-electron chi connectivity index (χ4n) is 1.68. The number of carbonyl (C=O) groups excluding carboxylic acids is 2. The molecule has 0 bridgehead atoms. The first-order chi connectivity index (χ1) is 7.59. The van der Waals surface area contributed by atoms with Gasteiger partial charge >= 0.3 is 0 Å². The Morgan fingerprint density at radius 2 is 2.31 bits per heavy atom. The van der Waals surface area contributed by atoms with Gasteiger partial charge in [0.25, 0.3) is 0 Å². The molecule has 0 spiro atoms. The number of carbonyl (C=O) groups is 2. The van der Waals surface area contributed by atoms with Gasteiger partial charge in [-0.25, -0.2) is 0 Å². The van der Waals surface area contributed by atoms with Crippen LogP contribution >= 0.6 is 0 Å². The second-order valence-corrected chi connectivity index (χ2v) is 4.39. The zero-order valence-corrected chi connectivity index (χ0v) is 10.1. The number of piperidine rings is 1. The van der Waals surface area contributed by atoms with E-state index in [4.69, 9.17) is 0 Å². The molecule has 1 aliphatic heterocycles. The SMILES string of the molecule is CN(C)C(=O)CCCNC1CCC(=O)NC1. The molecule has 1 unspecified atom stereocenters. The van der Waals surface area contributed by atoms with E-state index < -0.39 is 0 Å². The van der Waals surface area contributed by atoms with E-state index in [1.807, 2.05) is 0 Å². The third-order valence-corrected chi connectivity index (χ3v) is 2.76. The molecule has 0 saturated carbocycles. The van der Waals surface area contributed by atoms with E-state index in [-0.39, 0.29) is 11.8 Å². The molecule has 2 amide bonds. The maximum absolute atomic E-state index is 11.3. The predicted molar refractivity (Wildman–Crippen MR) is 62.0 cm³/mol. The van der Waals surface area contributed by atoms with Crippen LogP contribution < -0.4 is 10.6 Å². The minimum atomic E-state index is 0.140. The molecule has 16 heavy (non-hydrogen) atoms. The lowest BCUT2D eigenvalue weighted by atomic mass is 10.1. The summed E-state index contributed by atoms with van der Waals surface area (Å²) >= 11 is 0. The van der Waals surface area contributed by atoms with Crippen LogP contribution in [0.2, 0.25) is 0 Å². The van der Waals surface area contributed by atoms with Crippen LogP contribution in [0.25, 0.3) is 0 Å². The van der Waals surface area contributed by atoms with Crippen molar-refractivity contribution in [2.24, 2.45) is 0 Å². The molecule has 1 saturated heterocycles. The molecule has 1 aliphatic rings. The van der Waals surface area contributed by atoms with Gasteiger partial charge in [-0.3, -0.25) is 9.59 Å². The summed E-state index contributed by atoms with van der Waals surface area (Å²) in [6.07, 6.45) is 2.93. The van der Waals surface area contributed by atoms with E-state index in [9.17, 15) is 9.59 Å². The Kier molecular flexibility index (Phi) is 5.25. The molecule has 1 fully saturated rings. The zero-order valence-electron chi connectivity index (χ0n) is 10.1. The smallest absolute Gasteiger partial charge is 0.222 e.